The van der Waals surface area contributed by atoms with Gasteiger partial charge in [-0.25, -0.2) is 18.9 Å². The van der Waals surface area contributed by atoms with Crippen LogP contribution < -0.4 is 11.3 Å². The number of aliphatic hydroxyl groups excluding tert-OH is 1. The zero-order valence-corrected chi connectivity index (χ0v) is 15.9. The van der Waals surface area contributed by atoms with Crippen LogP contribution in [-0.2, 0) is 18.6 Å². The van der Waals surface area contributed by atoms with E-state index < -0.39 is 44.5 Å². The molecule has 4 heterocycles. The fraction of sp³-hybridized carbons (Fsp3) is 0.429. The van der Waals surface area contributed by atoms with Crippen molar-refractivity contribution in [3.63, 3.8) is 0 Å². The lowest BCUT2D eigenvalue weighted by Crippen LogP contribution is -2.35. The normalized spacial score (nSPS) is 26.7. The highest BCUT2D eigenvalue weighted by Gasteiger charge is 2.46. The molecule has 1 saturated heterocycles. The highest BCUT2D eigenvalue weighted by molar-refractivity contribution is 7.51. The molecule has 156 valence electrons. The number of anilines is 1. The number of ether oxygens (including phenoxy) is 2. The lowest BCUT2D eigenvalue weighted by molar-refractivity contribution is -0.0567. The van der Waals surface area contributed by atoms with Crippen LogP contribution in [0.25, 0.3) is 11.2 Å². The Morgan fingerprint density at radius 3 is 2.93 bits per heavy atom. The third-order valence-electron chi connectivity index (χ3n) is 4.50. The molecule has 0 saturated carbocycles. The average Bonchev–Trinajstić information content (AvgIpc) is 3.39. The van der Waals surface area contributed by atoms with E-state index in [1.165, 1.54) is 30.4 Å². The van der Waals surface area contributed by atoms with Gasteiger partial charge in [-0.2, -0.15) is 4.98 Å². The first-order chi connectivity index (χ1) is 13.8. The van der Waals surface area contributed by atoms with Crippen molar-refractivity contribution in [2.45, 2.75) is 24.5 Å². The maximum absolute atomic E-state index is 12.3. The van der Waals surface area contributed by atoms with Crippen molar-refractivity contribution in [1.29, 1.82) is 0 Å². The third kappa shape index (κ3) is 3.46. The predicted molar refractivity (Wildman–Crippen MR) is 96.7 cm³/mol. The molecule has 1 fully saturated rings. The zero-order chi connectivity index (χ0) is 20.8. The number of rotatable bonds is 6. The molecule has 14 nitrogen and oxygen atoms in total. The molecule has 4 rings (SSSR count). The number of imidazole rings is 2. The SMILES string of the molecule is COC1[C@@H](O)[C@@H](COP(=O)(O)n2ccnc2)O[C@H]1n1cnc2c(=O)[nH]c(N)nc21. The summed E-state index contributed by atoms with van der Waals surface area (Å²) in [5.74, 6) is -0.113. The van der Waals surface area contributed by atoms with Crippen LogP contribution in [0.2, 0.25) is 0 Å². The Hall–Kier alpha value is -2.61. The number of nitrogen functional groups attached to an aromatic ring is 1. The van der Waals surface area contributed by atoms with E-state index in [0.29, 0.717) is 0 Å². The van der Waals surface area contributed by atoms with Crippen LogP contribution in [-0.4, -0.2) is 70.9 Å². The summed E-state index contributed by atoms with van der Waals surface area (Å²) in [5, 5.41) is 10.6. The molecule has 0 radical (unpaired) electrons. The molecule has 5 atom stereocenters. The Labute approximate surface area is 162 Å². The number of aromatic nitrogens is 6. The summed E-state index contributed by atoms with van der Waals surface area (Å²) in [6.45, 7) is -0.410. The summed E-state index contributed by atoms with van der Waals surface area (Å²) in [7, 11) is -2.84. The van der Waals surface area contributed by atoms with Gasteiger partial charge >= 0.3 is 7.75 Å². The van der Waals surface area contributed by atoms with E-state index in [1.807, 2.05) is 0 Å². The molecule has 0 spiro atoms. The van der Waals surface area contributed by atoms with E-state index in [1.54, 1.807) is 0 Å². The van der Waals surface area contributed by atoms with E-state index >= 15 is 0 Å². The Balaban J connectivity index is 1.58. The number of nitrogens with two attached hydrogens (primary N) is 1. The number of aromatic amines is 1. The highest BCUT2D eigenvalue weighted by atomic mass is 31.2. The quantitative estimate of drug-likeness (QED) is 0.347. The van der Waals surface area contributed by atoms with E-state index in [4.69, 9.17) is 19.7 Å². The fourth-order valence-corrected chi connectivity index (χ4v) is 4.00. The second-order valence-corrected chi connectivity index (χ2v) is 7.96. The van der Waals surface area contributed by atoms with Gasteiger partial charge < -0.3 is 25.2 Å². The average molecular weight is 427 g/mol. The topological polar surface area (TPSA) is 193 Å². The summed E-state index contributed by atoms with van der Waals surface area (Å²) in [4.78, 5) is 36.1. The number of hydrogen-bond donors (Lipinski definition) is 4. The molecule has 3 aromatic heterocycles. The molecule has 29 heavy (non-hydrogen) atoms. The van der Waals surface area contributed by atoms with Gasteiger partial charge in [0.1, 0.15) is 24.6 Å². The van der Waals surface area contributed by atoms with Gasteiger partial charge in [0, 0.05) is 19.5 Å². The van der Waals surface area contributed by atoms with Crippen LogP contribution in [0.15, 0.2) is 29.8 Å². The first kappa shape index (κ1) is 19.7. The van der Waals surface area contributed by atoms with Gasteiger partial charge in [-0.15, -0.1) is 0 Å². The number of nitrogens with one attached hydrogen (secondary N) is 1. The predicted octanol–water partition coefficient (Wildman–Crippen LogP) is -1.16. The number of methoxy groups -OCH3 is 1. The molecule has 3 aromatic rings. The lowest BCUT2D eigenvalue weighted by atomic mass is 10.1. The molecule has 15 heteroatoms. The molecule has 5 N–H and O–H groups in total. The number of hydrogen-bond acceptors (Lipinski definition) is 10. The smallest absolute Gasteiger partial charge is 0.387 e. The Morgan fingerprint density at radius 2 is 2.24 bits per heavy atom. The molecule has 1 aliphatic heterocycles. The minimum Gasteiger partial charge on any atom is -0.387 e. The molecular weight excluding hydrogens is 409 g/mol. The Morgan fingerprint density at radius 1 is 1.45 bits per heavy atom. The second-order valence-electron chi connectivity index (χ2n) is 6.26. The molecule has 0 bridgehead atoms. The second kappa shape index (κ2) is 7.33. The minimum absolute atomic E-state index is 0.0341. The summed E-state index contributed by atoms with van der Waals surface area (Å²) < 4.78 is 30.8. The van der Waals surface area contributed by atoms with Crippen LogP contribution >= 0.6 is 7.75 Å². The van der Waals surface area contributed by atoms with Crippen LogP contribution in [0.3, 0.4) is 0 Å². The maximum Gasteiger partial charge on any atom is 0.437 e. The van der Waals surface area contributed by atoms with Crippen LogP contribution in [0, 0.1) is 0 Å². The van der Waals surface area contributed by atoms with Gasteiger partial charge in [0.05, 0.1) is 12.9 Å². The molecule has 0 amide bonds. The molecule has 0 aliphatic carbocycles. The van der Waals surface area contributed by atoms with Gasteiger partial charge in [-0.3, -0.25) is 18.9 Å². The van der Waals surface area contributed by atoms with Crippen LogP contribution in [0.4, 0.5) is 5.95 Å². The zero-order valence-electron chi connectivity index (χ0n) is 15.0. The van der Waals surface area contributed by atoms with E-state index in [9.17, 15) is 19.4 Å². The van der Waals surface area contributed by atoms with Crippen LogP contribution in [0.1, 0.15) is 6.23 Å². The van der Waals surface area contributed by atoms with Crippen molar-refractivity contribution >= 4 is 24.9 Å². The number of H-pyrrole nitrogens is 1. The first-order valence-electron chi connectivity index (χ1n) is 8.36. The standard InChI is InChI=1S/C14H18N7O7P/c1-26-10-9(22)7(4-27-29(24,25)20-3-2-16-5-20)28-13(10)21-6-17-8-11(21)18-14(15)19-12(8)23/h2-3,5-7,9-10,13,22H,4H2,1H3,(H,24,25)(H3,15,18,19,23)/t7-,9+,10?,13-/m1/s1. The molecular formula is C14H18N7O7P. The van der Waals surface area contributed by atoms with Gasteiger partial charge in [-0.05, 0) is 0 Å². The molecule has 0 aromatic carbocycles. The number of aliphatic hydroxyl groups is 1. The van der Waals surface area contributed by atoms with Gasteiger partial charge in [0.25, 0.3) is 5.56 Å². The van der Waals surface area contributed by atoms with Crippen molar-refractivity contribution in [1.82, 2.24) is 28.8 Å². The Bertz CT molecular complexity index is 1110. The van der Waals surface area contributed by atoms with E-state index in [2.05, 4.69) is 19.9 Å². The monoisotopic (exact) mass is 427 g/mol. The number of nitrogens with zero attached hydrogens (tertiary/aromatic N) is 5. The van der Waals surface area contributed by atoms with E-state index in [0.717, 1.165) is 10.7 Å². The van der Waals surface area contributed by atoms with Crippen molar-refractivity contribution in [3.8, 4) is 0 Å². The van der Waals surface area contributed by atoms with Crippen molar-refractivity contribution in [2.75, 3.05) is 19.5 Å². The largest absolute Gasteiger partial charge is 0.437 e. The minimum atomic E-state index is -4.21. The lowest BCUT2D eigenvalue weighted by Gasteiger charge is -2.19. The van der Waals surface area contributed by atoms with Gasteiger partial charge in [0.15, 0.2) is 17.4 Å². The summed E-state index contributed by atoms with van der Waals surface area (Å²) in [6.07, 6.45) is 1.01. The molecule has 2 unspecified atom stereocenters. The first-order valence-corrected chi connectivity index (χ1v) is 9.89. The van der Waals surface area contributed by atoms with Crippen molar-refractivity contribution in [3.05, 3.63) is 35.4 Å². The molecule has 1 aliphatic rings. The summed E-state index contributed by atoms with van der Waals surface area (Å²) in [6, 6.07) is 0. The highest BCUT2D eigenvalue weighted by Crippen LogP contribution is 2.44. The van der Waals surface area contributed by atoms with Gasteiger partial charge in [0.2, 0.25) is 5.95 Å². The maximum atomic E-state index is 12.3. The third-order valence-corrected chi connectivity index (χ3v) is 5.80. The fourth-order valence-electron chi connectivity index (χ4n) is 3.10. The van der Waals surface area contributed by atoms with Crippen molar-refractivity contribution in [2.24, 2.45) is 0 Å². The van der Waals surface area contributed by atoms with E-state index in [-0.39, 0.29) is 17.1 Å². The summed E-state index contributed by atoms with van der Waals surface area (Å²) in [5.41, 5.74) is 5.24. The van der Waals surface area contributed by atoms with Crippen LogP contribution in [0.5, 0.6) is 0 Å². The Kier molecular flexibility index (Phi) is 4.98. The van der Waals surface area contributed by atoms with Crippen molar-refractivity contribution < 1.29 is 28.6 Å². The van der Waals surface area contributed by atoms with Gasteiger partial charge in [-0.1, -0.05) is 0 Å². The number of fused-ring (bicyclic) bond motifs is 1. The summed E-state index contributed by atoms with van der Waals surface area (Å²) >= 11 is 0.